The van der Waals surface area contributed by atoms with E-state index in [0.717, 1.165) is 20.4 Å². The molecule has 0 aliphatic heterocycles. The maximum Gasteiger partial charge on any atom is 0.0692 e. The smallest absolute Gasteiger partial charge is 0.0692 e. The van der Waals surface area contributed by atoms with Crippen molar-refractivity contribution in [3.05, 3.63) is 59.1 Å². The number of hydrogen-bond acceptors (Lipinski definition) is 2. The lowest BCUT2D eigenvalue weighted by atomic mass is 10.2. The Balaban J connectivity index is 2.23. The Kier molecular flexibility index (Phi) is 3.88. The first-order valence-corrected chi connectivity index (χ1v) is 6.11. The van der Waals surface area contributed by atoms with Crippen LogP contribution in [0.15, 0.2) is 58.3 Å². The van der Waals surface area contributed by atoms with Crippen molar-refractivity contribution in [3.8, 4) is 0 Å². The third-order valence-corrected chi connectivity index (χ3v) is 3.56. The zero-order valence-electron chi connectivity index (χ0n) is 8.56. The molecule has 0 radical (unpaired) electrons. The molecule has 3 heteroatoms. The van der Waals surface area contributed by atoms with Gasteiger partial charge in [-0.25, -0.2) is 0 Å². The summed E-state index contributed by atoms with van der Waals surface area (Å²) in [5.41, 5.74) is 0.947. The highest BCUT2D eigenvalue weighted by Gasteiger charge is 2.02. The Morgan fingerprint density at radius 2 is 1.69 bits per heavy atom. The van der Waals surface area contributed by atoms with Gasteiger partial charge in [0.1, 0.15) is 0 Å². The highest BCUT2D eigenvalue weighted by Crippen LogP contribution is 2.30. The maximum absolute atomic E-state index is 9.21. The number of rotatable bonds is 3. The predicted molar refractivity (Wildman–Crippen MR) is 67.9 cm³/mol. The molecule has 82 valence electrons. The molecule has 0 saturated heterocycles. The van der Waals surface area contributed by atoms with Crippen LogP contribution in [0.1, 0.15) is 5.56 Å². The molecular weight excluding hydrogens is 240 g/mol. The van der Waals surface area contributed by atoms with Gasteiger partial charge in [0.25, 0.3) is 0 Å². The first-order valence-electron chi connectivity index (χ1n) is 4.92. The van der Waals surface area contributed by atoms with Crippen molar-refractivity contribution in [3.63, 3.8) is 0 Å². The van der Waals surface area contributed by atoms with Crippen LogP contribution in [-0.4, -0.2) is 5.11 Å². The van der Waals surface area contributed by atoms with Gasteiger partial charge in [0.05, 0.1) is 6.61 Å². The minimum absolute atomic E-state index is 0.0662. The number of halogens is 1. The second kappa shape index (κ2) is 5.39. The molecule has 2 rings (SSSR count). The lowest BCUT2D eigenvalue weighted by molar-refractivity contribution is 0.279. The standard InChI is InChI=1S/C13H11ClOS/c14-11-5-7-12(8-6-11)16-13-4-2-1-3-10(13)9-15/h1-8,15H,9H2. The normalized spacial score (nSPS) is 10.4. The molecule has 2 aromatic rings. The van der Waals surface area contributed by atoms with Crippen molar-refractivity contribution in [2.45, 2.75) is 16.4 Å². The Morgan fingerprint density at radius 3 is 2.38 bits per heavy atom. The lowest BCUT2D eigenvalue weighted by Gasteiger charge is -2.06. The number of aliphatic hydroxyl groups excluding tert-OH is 1. The average Bonchev–Trinajstić information content (AvgIpc) is 2.33. The van der Waals surface area contributed by atoms with Gasteiger partial charge in [-0.05, 0) is 35.9 Å². The van der Waals surface area contributed by atoms with Crippen molar-refractivity contribution in [2.24, 2.45) is 0 Å². The number of aliphatic hydroxyl groups is 1. The molecule has 0 fully saturated rings. The Hall–Kier alpha value is -0.960. The quantitative estimate of drug-likeness (QED) is 0.889. The summed E-state index contributed by atoms with van der Waals surface area (Å²) in [6.45, 7) is 0.0662. The summed E-state index contributed by atoms with van der Waals surface area (Å²) in [5.74, 6) is 0. The minimum atomic E-state index is 0.0662. The molecule has 0 spiro atoms. The predicted octanol–water partition coefficient (Wildman–Crippen LogP) is 3.98. The average molecular weight is 251 g/mol. The van der Waals surface area contributed by atoms with Crippen molar-refractivity contribution in [2.75, 3.05) is 0 Å². The van der Waals surface area contributed by atoms with E-state index in [1.54, 1.807) is 11.8 Å². The van der Waals surface area contributed by atoms with Crippen LogP contribution in [0, 0.1) is 0 Å². The Labute approximate surface area is 104 Å². The van der Waals surface area contributed by atoms with Gasteiger partial charge in [-0.15, -0.1) is 0 Å². The second-order valence-corrected chi connectivity index (χ2v) is 4.87. The molecule has 0 saturated carbocycles. The van der Waals surface area contributed by atoms with Gasteiger partial charge in [0.15, 0.2) is 0 Å². The zero-order chi connectivity index (χ0) is 11.4. The van der Waals surface area contributed by atoms with Crippen molar-refractivity contribution < 1.29 is 5.11 Å². The van der Waals surface area contributed by atoms with E-state index in [2.05, 4.69) is 0 Å². The van der Waals surface area contributed by atoms with Gasteiger partial charge in [-0.3, -0.25) is 0 Å². The summed E-state index contributed by atoms with van der Waals surface area (Å²) in [4.78, 5) is 2.19. The van der Waals surface area contributed by atoms with Crippen LogP contribution in [0.5, 0.6) is 0 Å². The van der Waals surface area contributed by atoms with Crippen molar-refractivity contribution >= 4 is 23.4 Å². The minimum Gasteiger partial charge on any atom is -0.392 e. The van der Waals surface area contributed by atoms with E-state index in [4.69, 9.17) is 11.6 Å². The van der Waals surface area contributed by atoms with Crippen LogP contribution in [0.2, 0.25) is 5.02 Å². The summed E-state index contributed by atoms with van der Waals surface area (Å²) in [6, 6.07) is 15.5. The summed E-state index contributed by atoms with van der Waals surface area (Å²) in [6.07, 6.45) is 0. The molecule has 0 unspecified atom stereocenters. The van der Waals surface area contributed by atoms with Gasteiger partial charge in [-0.2, -0.15) is 0 Å². The van der Waals surface area contributed by atoms with Crippen molar-refractivity contribution in [1.29, 1.82) is 0 Å². The van der Waals surface area contributed by atoms with E-state index < -0.39 is 0 Å². The molecule has 0 aliphatic rings. The molecule has 0 aromatic heterocycles. The van der Waals surface area contributed by atoms with Crippen LogP contribution in [0.25, 0.3) is 0 Å². The molecule has 16 heavy (non-hydrogen) atoms. The topological polar surface area (TPSA) is 20.2 Å². The van der Waals surface area contributed by atoms with Gasteiger partial charge in [0, 0.05) is 14.8 Å². The SMILES string of the molecule is OCc1ccccc1Sc1ccc(Cl)cc1. The number of hydrogen-bond donors (Lipinski definition) is 1. The van der Waals surface area contributed by atoms with Gasteiger partial charge in [0.2, 0.25) is 0 Å². The molecule has 0 bridgehead atoms. The first-order chi connectivity index (χ1) is 7.79. The van der Waals surface area contributed by atoms with E-state index in [-0.39, 0.29) is 6.61 Å². The van der Waals surface area contributed by atoms with Crippen LogP contribution >= 0.6 is 23.4 Å². The Morgan fingerprint density at radius 1 is 1.00 bits per heavy atom. The van der Waals surface area contributed by atoms with Crippen LogP contribution < -0.4 is 0 Å². The fourth-order valence-electron chi connectivity index (χ4n) is 1.36. The third-order valence-electron chi connectivity index (χ3n) is 2.18. The highest BCUT2D eigenvalue weighted by atomic mass is 35.5. The second-order valence-electron chi connectivity index (χ2n) is 3.32. The summed E-state index contributed by atoms with van der Waals surface area (Å²) >= 11 is 7.45. The van der Waals surface area contributed by atoms with Gasteiger partial charge in [-0.1, -0.05) is 41.6 Å². The van der Waals surface area contributed by atoms with E-state index in [0.29, 0.717) is 0 Å². The molecule has 1 N–H and O–H groups in total. The monoisotopic (exact) mass is 250 g/mol. The molecular formula is C13H11ClOS. The molecule has 0 heterocycles. The lowest BCUT2D eigenvalue weighted by Crippen LogP contribution is -1.86. The molecule has 0 aliphatic carbocycles. The largest absolute Gasteiger partial charge is 0.392 e. The van der Waals surface area contributed by atoms with Crippen LogP contribution in [-0.2, 0) is 6.61 Å². The molecule has 0 atom stereocenters. The number of benzene rings is 2. The third kappa shape index (κ3) is 2.79. The summed E-state index contributed by atoms with van der Waals surface area (Å²) in [5, 5.41) is 9.94. The van der Waals surface area contributed by atoms with Gasteiger partial charge >= 0.3 is 0 Å². The summed E-state index contributed by atoms with van der Waals surface area (Å²) in [7, 11) is 0. The highest BCUT2D eigenvalue weighted by molar-refractivity contribution is 7.99. The van der Waals surface area contributed by atoms with E-state index in [9.17, 15) is 5.11 Å². The molecule has 0 amide bonds. The molecule has 2 aromatic carbocycles. The Bertz CT molecular complexity index is 468. The fourth-order valence-corrected chi connectivity index (χ4v) is 2.43. The van der Waals surface area contributed by atoms with Crippen LogP contribution in [0.4, 0.5) is 0 Å². The van der Waals surface area contributed by atoms with Crippen LogP contribution in [0.3, 0.4) is 0 Å². The maximum atomic E-state index is 9.21. The first kappa shape index (κ1) is 11.5. The van der Waals surface area contributed by atoms with E-state index in [1.165, 1.54) is 0 Å². The zero-order valence-corrected chi connectivity index (χ0v) is 10.1. The fraction of sp³-hybridized carbons (Fsp3) is 0.0769. The van der Waals surface area contributed by atoms with Crippen molar-refractivity contribution in [1.82, 2.24) is 0 Å². The van der Waals surface area contributed by atoms with E-state index in [1.807, 2.05) is 48.5 Å². The van der Waals surface area contributed by atoms with Gasteiger partial charge < -0.3 is 5.11 Å². The summed E-state index contributed by atoms with van der Waals surface area (Å²) < 4.78 is 0. The molecule has 1 nitrogen and oxygen atoms in total. The van der Waals surface area contributed by atoms with E-state index >= 15 is 0 Å².